The van der Waals surface area contributed by atoms with E-state index in [9.17, 15) is 61.5 Å². The second kappa shape index (κ2) is 9.14. The summed E-state index contributed by atoms with van der Waals surface area (Å²) in [5.74, 6) is -23.9. The molecule has 18 heteroatoms. The average molecular weight is 574 g/mol. The molecular formula is C20H12F14N4. The van der Waals surface area contributed by atoms with Crippen LogP contribution in [0.25, 0.3) is 21.8 Å². The number of hydrogen-bond acceptors (Lipinski definition) is 4. The third-order valence-corrected chi connectivity index (χ3v) is 5.25. The van der Waals surface area contributed by atoms with Crippen molar-refractivity contribution >= 4 is 33.2 Å². The molecule has 1 aromatic carbocycles. The number of halogens is 14. The van der Waals surface area contributed by atoms with Gasteiger partial charge in [-0.1, -0.05) is 0 Å². The highest BCUT2D eigenvalue weighted by molar-refractivity contribution is 6.10. The fraction of sp³-hybridized carbons (Fsp3) is 0.400. The Bertz CT molecular complexity index is 1220. The van der Waals surface area contributed by atoms with Crippen molar-refractivity contribution in [2.45, 2.75) is 36.0 Å². The number of rotatable bonds is 8. The van der Waals surface area contributed by atoms with Gasteiger partial charge in [-0.3, -0.25) is 9.97 Å². The van der Waals surface area contributed by atoms with Gasteiger partial charge in [0.1, 0.15) is 0 Å². The lowest BCUT2D eigenvalue weighted by Crippen LogP contribution is -2.55. The van der Waals surface area contributed by atoms with Crippen LogP contribution in [0, 0.1) is 0 Å². The van der Waals surface area contributed by atoms with Gasteiger partial charge in [-0.25, -0.2) is 0 Å². The molecule has 0 aliphatic carbocycles. The largest absolute Gasteiger partial charge is 0.459 e. The molecule has 0 spiro atoms. The van der Waals surface area contributed by atoms with Crippen molar-refractivity contribution in [3.8, 4) is 0 Å². The summed E-state index contributed by atoms with van der Waals surface area (Å²) in [6.45, 7) is -4.34. The molecule has 3 rings (SSSR count). The summed E-state index contributed by atoms with van der Waals surface area (Å²) in [5.41, 5.74) is -1.28. The van der Waals surface area contributed by atoms with Crippen LogP contribution in [0.4, 0.5) is 72.8 Å². The molecule has 0 aliphatic heterocycles. The molecule has 2 N–H and O–H groups in total. The minimum atomic E-state index is -6.55. The summed E-state index contributed by atoms with van der Waals surface area (Å²) in [4.78, 5) is 7.72. The molecule has 0 unspecified atom stereocenters. The Morgan fingerprint density at radius 2 is 0.816 bits per heavy atom. The number of benzene rings is 1. The van der Waals surface area contributed by atoms with E-state index in [-0.39, 0.29) is 21.8 Å². The van der Waals surface area contributed by atoms with E-state index in [0.29, 0.717) is 0 Å². The van der Waals surface area contributed by atoms with E-state index in [2.05, 4.69) is 9.97 Å². The summed E-state index contributed by atoms with van der Waals surface area (Å²) in [5, 5.41) is 3.19. The van der Waals surface area contributed by atoms with Gasteiger partial charge in [-0.05, 0) is 24.3 Å². The number of nitrogens with zero attached hydrogens (tertiary/aromatic N) is 2. The van der Waals surface area contributed by atoms with Crippen LogP contribution >= 0.6 is 0 Å². The second-order valence-electron chi connectivity index (χ2n) is 7.84. The van der Waals surface area contributed by atoms with E-state index in [0.717, 1.165) is 36.7 Å². The van der Waals surface area contributed by atoms with Crippen molar-refractivity contribution < 1.29 is 61.5 Å². The van der Waals surface area contributed by atoms with Gasteiger partial charge < -0.3 is 10.6 Å². The van der Waals surface area contributed by atoms with Gasteiger partial charge in [0.05, 0.1) is 24.1 Å². The molecule has 3 aromatic rings. The van der Waals surface area contributed by atoms with E-state index in [1.807, 2.05) is 0 Å². The van der Waals surface area contributed by atoms with Crippen LogP contribution < -0.4 is 10.6 Å². The molecule has 0 atom stereocenters. The first-order valence-corrected chi connectivity index (χ1v) is 9.93. The third kappa shape index (κ3) is 4.91. The zero-order valence-corrected chi connectivity index (χ0v) is 18.1. The molecule has 0 radical (unpaired) electrons. The highest BCUT2D eigenvalue weighted by atomic mass is 19.4. The molecule has 38 heavy (non-hydrogen) atoms. The predicted molar refractivity (Wildman–Crippen MR) is 106 cm³/mol. The first kappa shape index (κ1) is 29.2. The number of nitrogens with one attached hydrogen (secondary N) is 2. The average Bonchev–Trinajstić information content (AvgIpc) is 2.79. The monoisotopic (exact) mass is 574 g/mol. The number of fused-ring (bicyclic) bond motifs is 3. The second-order valence-corrected chi connectivity index (χ2v) is 7.84. The smallest absolute Gasteiger partial charge is 0.378 e. The summed E-state index contributed by atoms with van der Waals surface area (Å²) in [6.07, 6.45) is -11.3. The molecule has 2 aromatic heterocycles. The minimum Gasteiger partial charge on any atom is -0.378 e. The van der Waals surface area contributed by atoms with E-state index < -0.39 is 60.5 Å². The molecule has 0 aliphatic rings. The van der Waals surface area contributed by atoms with Gasteiger partial charge in [-0.15, -0.1) is 0 Å². The van der Waals surface area contributed by atoms with Crippen LogP contribution in [-0.4, -0.2) is 59.1 Å². The Hall–Kier alpha value is -3.34. The first-order valence-electron chi connectivity index (χ1n) is 9.93. The summed E-state index contributed by atoms with van der Waals surface area (Å²) in [6, 6.07) is 3.94. The third-order valence-electron chi connectivity index (χ3n) is 5.25. The fourth-order valence-electron chi connectivity index (χ4n) is 3.19. The number of aromatic nitrogens is 2. The van der Waals surface area contributed by atoms with Gasteiger partial charge >= 0.3 is 36.0 Å². The van der Waals surface area contributed by atoms with Crippen LogP contribution in [0.15, 0.2) is 36.7 Å². The summed E-state index contributed by atoms with van der Waals surface area (Å²) in [7, 11) is 0. The normalized spacial score (nSPS) is 14.3. The zero-order valence-electron chi connectivity index (χ0n) is 18.1. The fourth-order valence-corrected chi connectivity index (χ4v) is 3.19. The first-order chi connectivity index (χ1) is 17.1. The van der Waals surface area contributed by atoms with Gasteiger partial charge in [0, 0.05) is 34.5 Å². The van der Waals surface area contributed by atoms with Gasteiger partial charge in [-0.2, -0.15) is 61.5 Å². The molecule has 210 valence electrons. The Morgan fingerprint density at radius 3 is 1.11 bits per heavy atom. The molecule has 0 fully saturated rings. The maximum absolute atomic E-state index is 13.7. The van der Waals surface area contributed by atoms with Crippen molar-refractivity contribution in [2.24, 2.45) is 0 Å². The maximum atomic E-state index is 13.7. The summed E-state index contributed by atoms with van der Waals surface area (Å²) >= 11 is 0. The highest BCUT2D eigenvalue weighted by Crippen LogP contribution is 2.48. The Morgan fingerprint density at radius 1 is 0.500 bits per heavy atom. The van der Waals surface area contributed by atoms with Crippen molar-refractivity contribution in [1.82, 2.24) is 9.97 Å². The highest BCUT2D eigenvalue weighted by Gasteiger charge is 2.73. The SMILES string of the molecule is FC(F)(F)C(F)(F)C(F)(F)CNc1ccnc2c1ccc1c(NCC(F)(F)C(F)(F)C(F)(F)F)ccnc12. The van der Waals surface area contributed by atoms with Crippen molar-refractivity contribution in [1.29, 1.82) is 0 Å². The molecule has 2 heterocycles. The lowest BCUT2D eigenvalue weighted by Gasteiger charge is -2.28. The van der Waals surface area contributed by atoms with Crippen molar-refractivity contribution in [3.63, 3.8) is 0 Å². The van der Waals surface area contributed by atoms with Crippen LogP contribution in [0.3, 0.4) is 0 Å². The quantitative estimate of drug-likeness (QED) is 0.220. The Kier molecular flexibility index (Phi) is 7.03. The zero-order chi connectivity index (χ0) is 28.9. The lowest BCUT2D eigenvalue weighted by atomic mass is 10.1. The van der Waals surface area contributed by atoms with Crippen molar-refractivity contribution in [3.05, 3.63) is 36.7 Å². The number of alkyl halides is 14. The number of anilines is 2. The van der Waals surface area contributed by atoms with E-state index in [1.165, 1.54) is 0 Å². The minimum absolute atomic E-state index is 0.162. The van der Waals surface area contributed by atoms with Gasteiger partial charge in [0.15, 0.2) is 0 Å². The maximum Gasteiger partial charge on any atom is 0.459 e. The van der Waals surface area contributed by atoms with Crippen LogP contribution in [0.5, 0.6) is 0 Å². The van der Waals surface area contributed by atoms with E-state index in [1.54, 1.807) is 10.6 Å². The molecule has 4 nitrogen and oxygen atoms in total. The lowest BCUT2D eigenvalue weighted by molar-refractivity contribution is -0.350. The Balaban J connectivity index is 1.94. The number of pyridine rings is 2. The van der Waals surface area contributed by atoms with Crippen molar-refractivity contribution in [2.75, 3.05) is 23.7 Å². The predicted octanol–water partition coefficient (Wildman–Crippen LogP) is 7.27. The molecule has 0 saturated carbocycles. The molecule has 0 saturated heterocycles. The molecular weight excluding hydrogens is 562 g/mol. The summed E-state index contributed by atoms with van der Waals surface area (Å²) < 4.78 is 181. The molecule has 0 bridgehead atoms. The standard InChI is InChI=1S/C20H12F14N4/c21-15(22,17(25,26)19(29,30)31)7-37-11-3-5-35-13-9(11)1-2-10-12(4-6-36-14(10)13)38-8-16(23,24)18(27,28)20(32,33)34/h1-6H,7-8H2,(H,35,37)(H,36,38). The number of hydrogen-bond donors (Lipinski definition) is 2. The van der Waals surface area contributed by atoms with E-state index >= 15 is 0 Å². The molecule has 0 amide bonds. The van der Waals surface area contributed by atoms with Gasteiger partial charge in [0.2, 0.25) is 0 Å². The van der Waals surface area contributed by atoms with Crippen LogP contribution in [0.2, 0.25) is 0 Å². The topological polar surface area (TPSA) is 49.8 Å². The van der Waals surface area contributed by atoms with E-state index in [4.69, 9.17) is 0 Å². The van der Waals surface area contributed by atoms with Crippen LogP contribution in [-0.2, 0) is 0 Å². The Labute approximate surface area is 202 Å². The van der Waals surface area contributed by atoms with Crippen LogP contribution in [0.1, 0.15) is 0 Å². The van der Waals surface area contributed by atoms with Gasteiger partial charge in [0.25, 0.3) is 0 Å².